The first-order valence-electron chi connectivity index (χ1n) is 7.84. The van der Waals surface area contributed by atoms with E-state index in [9.17, 15) is 9.18 Å². The number of hydrogen-bond donors (Lipinski definition) is 2. The molecule has 1 aliphatic carbocycles. The lowest BCUT2D eigenvalue weighted by atomic mass is 9.68. The van der Waals surface area contributed by atoms with Gasteiger partial charge in [-0.05, 0) is 43.9 Å². The summed E-state index contributed by atoms with van der Waals surface area (Å²) < 4.78 is 13.6. The highest BCUT2D eigenvalue weighted by atomic mass is 35.5. The van der Waals surface area contributed by atoms with Crippen molar-refractivity contribution in [2.24, 2.45) is 5.73 Å². The van der Waals surface area contributed by atoms with Crippen LogP contribution in [0, 0.1) is 5.82 Å². The Morgan fingerprint density at radius 1 is 1.36 bits per heavy atom. The normalized spacial score (nSPS) is 18.1. The minimum Gasteiger partial charge on any atom is -0.355 e. The van der Waals surface area contributed by atoms with Gasteiger partial charge in [0.2, 0.25) is 5.91 Å². The molecule has 0 radical (unpaired) electrons. The molecule has 0 aromatic heterocycles. The molecule has 0 bridgehead atoms. The van der Waals surface area contributed by atoms with Crippen LogP contribution in [-0.4, -0.2) is 18.5 Å². The maximum Gasteiger partial charge on any atom is 0.230 e. The van der Waals surface area contributed by atoms with E-state index in [0.717, 1.165) is 44.1 Å². The molecule has 1 aliphatic rings. The van der Waals surface area contributed by atoms with Crippen LogP contribution in [0.1, 0.15) is 51.0 Å². The summed E-state index contributed by atoms with van der Waals surface area (Å²) >= 11 is 0. The number of nitrogens with one attached hydrogen (secondary N) is 1. The van der Waals surface area contributed by atoms with Gasteiger partial charge in [0.1, 0.15) is 5.82 Å². The van der Waals surface area contributed by atoms with Gasteiger partial charge in [-0.2, -0.15) is 0 Å². The Bertz CT molecular complexity index is 487. The predicted octanol–water partition coefficient (Wildman–Crippen LogP) is 3.30. The Kier molecular flexibility index (Phi) is 7.30. The largest absolute Gasteiger partial charge is 0.355 e. The number of hydrogen-bond acceptors (Lipinski definition) is 2. The van der Waals surface area contributed by atoms with Crippen LogP contribution in [0.3, 0.4) is 0 Å². The number of benzene rings is 1. The zero-order valence-corrected chi connectivity index (χ0v) is 13.9. The smallest absolute Gasteiger partial charge is 0.230 e. The van der Waals surface area contributed by atoms with Crippen molar-refractivity contribution in [1.29, 1.82) is 0 Å². The first kappa shape index (κ1) is 18.9. The Labute approximate surface area is 138 Å². The molecule has 0 spiro atoms. The molecule has 0 heterocycles. The summed E-state index contributed by atoms with van der Waals surface area (Å²) in [4.78, 5) is 12.7. The van der Waals surface area contributed by atoms with E-state index < -0.39 is 5.41 Å². The van der Waals surface area contributed by atoms with Crippen molar-refractivity contribution in [3.63, 3.8) is 0 Å². The molecule has 0 aliphatic heterocycles. The number of halogens is 2. The molecule has 1 saturated carbocycles. The Morgan fingerprint density at radius 3 is 2.64 bits per heavy atom. The molecule has 1 fully saturated rings. The molecular weight excluding hydrogens is 303 g/mol. The zero-order valence-electron chi connectivity index (χ0n) is 13.1. The van der Waals surface area contributed by atoms with Crippen molar-refractivity contribution in [2.75, 3.05) is 6.54 Å². The highest BCUT2D eigenvalue weighted by Gasteiger charge is 2.41. The number of nitrogens with two attached hydrogens (primary N) is 1. The average Bonchev–Trinajstić information content (AvgIpc) is 2.47. The van der Waals surface area contributed by atoms with Crippen molar-refractivity contribution in [2.45, 2.75) is 56.9 Å². The Balaban J connectivity index is 0.00000242. The molecule has 124 valence electrons. The fourth-order valence-electron chi connectivity index (χ4n) is 3.17. The summed E-state index contributed by atoms with van der Waals surface area (Å²) in [5, 5.41) is 3.00. The first-order chi connectivity index (χ1) is 10.0. The van der Waals surface area contributed by atoms with Gasteiger partial charge < -0.3 is 11.1 Å². The summed E-state index contributed by atoms with van der Waals surface area (Å²) in [6, 6.07) is 6.57. The number of rotatable bonds is 5. The average molecular weight is 329 g/mol. The predicted molar refractivity (Wildman–Crippen MR) is 89.7 cm³/mol. The molecule has 5 heteroatoms. The van der Waals surface area contributed by atoms with Crippen LogP contribution in [0.4, 0.5) is 4.39 Å². The van der Waals surface area contributed by atoms with Crippen molar-refractivity contribution in [3.8, 4) is 0 Å². The van der Waals surface area contributed by atoms with Gasteiger partial charge in [-0.15, -0.1) is 12.4 Å². The van der Waals surface area contributed by atoms with Gasteiger partial charge >= 0.3 is 0 Å². The van der Waals surface area contributed by atoms with E-state index in [2.05, 4.69) is 5.32 Å². The lowest BCUT2D eigenvalue weighted by molar-refractivity contribution is -0.128. The molecule has 1 aromatic rings. The van der Waals surface area contributed by atoms with Gasteiger partial charge in [0.15, 0.2) is 0 Å². The molecule has 2 rings (SSSR count). The van der Waals surface area contributed by atoms with Crippen LogP contribution in [0.25, 0.3) is 0 Å². The maximum atomic E-state index is 13.6. The van der Waals surface area contributed by atoms with Crippen molar-refractivity contribution >= 4 is 18.3 Å². The number of carbonyl (C=O) groups excluding carboxylic acids is 1. The second-order valence-electron chi connectivity index (χ2n) is 6.17. The lowest BCUT2D eigenvalue weighted by Gasteiger charge is -2.36. The highest BCUT2D eigenvalue weighted by Crippen LogP contribution is 2.39. The molecule has 0 saturated heterocycles. The lowest BCUT2D eigenvalue weighted by Crippen LogP contribution is -2.46. The van der Waals surface area contributed by atoms with Crippen LogP contribution < -0.4 is 11.1 Å². The van der Waals surface area contributed by atoms with E-state index in [0.29, 0.717) is 6.54 Å². The van der Waals surface area contributed by atoms with E-state index in [1.165, 1.54) is 12.1 Å². The van der Waals surface area contributed by atoms with E-state index in [4.69, 9.17) is 5.73 Å². The minimum absolute atomic E-state index is 0. The second-order valence-corrected chi connectivity index (χ2v) is 6.17. The second kappa shape index (κ2) is 8.49. The first-order valence-corrected chi connectivity index (χ1v) is 7.84. The zero-order chi connectivity index (χ0) is 15.3. The Hall–Kier alpha value is -1.13. The van der Waals surface area contributed by atoms with Crippen molar-refractivity contribution < 1.29 is 9.18 Å². The van der Waals surface area contributed by atoms with E-state index in [1.54, 1.807) is 6.07 Å². The van der Waals surface area contributed by atoms with Crippen LogP contribution in [-0.2, 0) is 10.2 Å². The third-order valence-electron chi connectivity index (χ3n) is 4.40. The number of amides is 1. The van der Waals surface area contributed by atoms with E-state index >= 15 is 0 Å². The molecule has 1 amide bonds. The fraction of sp³-hybridized carbons (Fsp3) is 0.588. The van der Waals surface area contributed by atoms with Gasteiger partial charge in [-0.3, -0.25) is 4.79 Å². The molecular formula is C17H26ClFN2O. The van der Waals surface area contributed by atoms with E-state index in [1.807, 2.05) is 13.0 Å². The maximum absolute atomic E-state index is 13.6. The molecule has 22 heavy (non-hydrogen) atoms. The van der Waals surface area contributed by atoms with Crippen LogP contribution >= 0.6 is 12.4 Å². The van der Waals surface area contributed by atoms with Gasteiger partial charge in [0.25, 0.3) is 0 Å². The molecule has 1 unspecified atom stereocenters. The quantitative estimate of drug-likeness (QED) is 0.871. The molecule has 1 aromatic carbocycles. The molecule has 1 atom stereocenters. The third-order valence-corrected chi connectivity index (χ3v) is 4.40. The van der Waals surface area contributed by atoms with Crippen LogP contribution in [0.5, 0.6) is 0 Å². The van der Waals surface area contributed by atoms with Gasteiger partial charge in [0, 0.05) is 12.6 Å². The number of carbonyl (C=O) groups is 1. The van der Waals surface area contributed by atoms with Gasteiger partial charge in [-0.1, -0.05) is 31.4 Å². The Morgan fingerprint density at radius 2 is 2.05 bits per heavy atom. The summed E-state index contributed by atoms with van der Waals surface area (Å²) in [5.74, 6) is -0.255. The SMILES string of the molecule is CC(N)CCNC(=O)C1(c2cccc(F)c2)CCCCC1.Cl. The minimum atomic E-state index is -0.571. The third kappa shape index (κ3) is 4.43. The summed E-state index contributed by atoms with van der Waals surface area (Å²) in [5.41, 5.74) is 5.95. The summed E-state index contributed by atoms with van der Waals surface area (Å²) in [6.07, 6.45) is 5.50. The van der Waals surface area contributed by atoms with Crippen LogP contribution in [0.2, 0.25) is 0 Å². The topological polar surface area (TPSA) is 55.1 Å². The van der Waals surface area contributed by atoms with Crippen LogP contribution in [0.15, 0.2) is 24.3 Å². The summed E-state index contributed by atoms with van der Waals surface area (Å²) in [6.45, 7) is 2.50. The van der Waals surface area contributed by atoms with E-state index in [-0.39, 0.29) is 30.2 Å². The monoisotopic (exact) mass is 328 g/mol. The molecule has 3 nitrogen and oxygen atoms in total. The fourth-order valence-corrected chi connectivity index (χ4v) is 3.17. The standard InChI is InChI=1S/C17H25FN2O.ClH/c1-13(19)8-11-20-16(21)17(9-3-2-4-10-17)14-6-5-7-15(18)12-14;/h5-7,12-13H,2-4,8-11,19H2,1H3,(H,20,21);1H. The van der Waals surface area contributed by atoms with Gasteiger partial charge in [0.05, 0.1) is 5.41 Å². The summed E-state index contributed by atoms with van der Waals surface area (Å²) in [7, 11) is 0. The van der Waals surface area contributed by atoms with Crippen molar-refractivity contribution in [3.05, 3.63) is 35.6 Å². The van der Waals surface area contributed by atoms with Crippen molar-refractivity contribution in [1.82, 2.24) is 5.32 Å². The van der Waals surface area contributed by atoms with Gasteiger partial charge in [-0.25, -0.2) is 4.39 Å². The molecule has 3 N–H and O–H groups in total. The highest BCUT2D eigenvalue weighted by molar-refractivity contribution is 5.88.